The van der Waals surface area contributed by atoms with Gasteiger partial charge in [-0.05, 0) is 18.6 Å². The number of pyridine rings is 1. The van der Waals surface area contributed by atoms with E-state index >= 15 is 0 Å². The number of hydrogen-bond donors (Lipinski definition) is 1. The zero-order valence-electron chi connectivity index (χ0n) is 11.8. The Kier molecular flexibility index (Phi) is 5.24. The van der Waals surface area contributed by atoms with Crippen LogP contribution in [0.5, 0.6) is 0 Å². The van der Waals surface area contributed by atoms with Gasteiger partial charge in [-0.2, -0.15) is 0 Å². The lowest BCUT2D eigenvalue weighted by atomic mass is 10.1. The zero-order valence-corrected chi connectivity index (χ0v) is 11.8. The summed E-state index contributed by atoms with van der Waals surface area (Å²) in [7, 11) is 1.64. The standard InChI is InChI=1S/C14H18N2O5/c1-20-6-3-7-21-10-8-16(9-10)13(17)11-4-2-5-12(15-11)14(18)19/h2,4-5,10H,3,6-9H2,1H3,(H,18,19). The Bertz CT molecular complexity index is 514. The lowest BCUT2D eigenvalue weighted by molar-refractivity contribution is -0.0466. The molecule has 21 heavy (non-hydrogen) atoms. The molecular formula is C14H18N2O5. The number of ether oxygens (including phenoxy) is 2. The van der Waals surface area contributed by atoms with Crippen molar-refractivity contribution in [2.24, 2.45) is 0 Å². The highest BCUT2D eigenvalue weighted by atomic mass is 16.5. The predicted octanol–water partition coefficient (Wildman–Crippen LogP) is 0.657. The van der Waals surface area contributed by atoms with Crippen LogP contribution in [0.2, 0.25) is 0 Å². The average Bonchev–Trinajstić information content (AvgIpc) is 2.44. The first-order valence-corrected chi connectivity index (χ1v) is 6.72. The molecule has 1 aromatic rings. The Balaban J connectivity index is 1.81. The first kappa shape index (κ1) is 15.4. The predicted molar refractivity (Wildman–Crippen MR) is 73.3 cm³/mol. The third kappa shape index (κ3) is 3.99. The molecule has 2 heterocycles. The maximum Gasteiger partial charge on any atom is 0.354 e. The summed E-state index contributed by atoms with van der Waals surface area (Å²) >= 11 is 0. The van der Waals surface area contributed by atoms with Gasteiger partial charge in [0, 0.05) is 33.4 Å². The minimum atomic E-state index is -1.15. The first-order chi connectivity index (χ1) is 10.1. The highest BCUT2D eigenvalue weighted by Gasteiger charge is 2.32. The number of nitrogens with zero attached hydrogens (tertiary/aromatic N) is 2. The summed E-state index contributed by atoms with van der Waals surface area (Å²) in [5, 5.41) is 8.87. The van der Waals surface area contributed by atoms with Crippen molar-refractivity contribution in [3.8, 4) is 0 Å². The second-order valence-electron chi connectivity index (χ2n) is 4.76. The van der Waals surface area contributed by atoms with Crippen molar-refractivity contribution < 1.29 is 24.2 Å². The van der Waals surface area contributed by atoms with Gasteiger partial charge in [-0.25, -0.2) is 9.78 Å². The van der Waals surface area contributed by atoms with Crippen molar-refractivity contribution in [2.75, 3.05) is 33.4 Å². The van der Waals surface area contributed by atoms with E-state index < -0.39 is 5.97 Å². The molecule has 1 fully saturated rings. The zero-order chi connectivity index (χ0) is 15.2. The van der Waals surface area contributed by atoms with Crippen molar-refractivity contribution in [1.29, 1.82) is 0 Å². The fourth-order valence-corrected chi connectivity index (χ4v) is 2.00. The Morgan fingerprint density at radius 2 is 2.05 bits per heavy atom. The first-order valence-electron chi connectivity index (χ1n) is 6.72. The monoisotopic (exact) mass is 294 g/mol. The van der Waals surface area contributed by atoms with Gasteiger partial charge in [-0.15, -0.1) is 0 Å². The van der Waals surface area contributed by atoms with E-state index in [0.29, 0.717) is 26.3 Å². The Hall–Kier alpha value is -1.99. The number of aromatic carboxylic acids is 1. The van der Waals surface area contributed by atoms with Crippen LogP contribution in [0.3, 0.4) is 0 Å². The SMILES string of the molecule is COCCCOC1CN(C(=O)c2cccc(C(=O)O)n2)C1. The van der Waals surface area contributed by atoms with Crippen LogP contribution in [0.15, 0.2) is 18.2 Å². The van der Waals surface area contributed by atoms with E-state index in [0.717, 1.165) is 6.42 Å². The molecule has 0 aliphatic carbocycles. The van der Waals surface area contributed by atoms with Gasteiger partial charge in [-0.1, -0.05) is 6.07 Å². The molecule has 1 amide bonds. The van der Waals surface area contributed by atoms with Crippen LogP contribution in [0.25, 0.3) is 0 Å². The smallest absolute Gasteiger partial charge is 0.354 e. The summed E-state index contributed by atoms with van der Waals surface area (Å²) < 4.78 is 10.5. The number of rotatable bonds is 7. The van der Waals surface area contributed by atoms with E-state index in [4.69, 9.17) is 14.6 Å². The van der Waals surface area contributed by atoms with Crippen molar-refractivity contribution >= 4 is 11.9 Å². The second kappa shape index (κ2) is 7.14. The molecule has 114 valence electrons. The number of likely N-dealkylation sites (tertiary alicyclic amines) is 1. The van der Waals surface area contributed by atoms with Gasteiger partial charge < -0.3 is 19.5 Å². The van der Waals surface area contributed by atoms with Crippen LogP contribution < -0.4 is 0 Å². The van der Waals surface area contributed by atoms with Crippen molar-refractivity contribution in [1.82, 2.24) is 9.88 Å². The van der Waals surface area contributed by atoms with E-state index in [-0.39, 0.29) is 23.4 Å². The lowest BCUT2D eigenvalue weighted by Crippen LogP contribution is -2.55. The molecule has 0 radical (unpaired) electrons. The number of carboxylic acid groups (broad SMARTS) is 1. The molecular weight excluding hydrogens is 276 g/mol. The third-order valence-electron chi connectivity index (χ3n) is 3.17. The summed E-state index contributed by atoms with van der Waals surface area (Å²) in [6.45, 7) is 2.27. The van der Waals surface area contributed by atoms with Crippen LogP contribution in [-0.2, 0) is 9.47 Å². The Morgan fingerprint density at radius 3 is 2.71 bits per heavy atom. The van der Waals surface area contributed by atoms with E-state index in [1.807, 2.05) is 0 Å². The number of carbonyl (C=O) groups excluding carboxylic acids is 1. The second-order valence-corrected chi connectivity index (χ2v) is 4.76. The molecule has 0 unspecified atom stereocenters. The molecule has 1 aliphatic heterocycles. The van der Waals surface area contributed by atoms with Crippen LogP contribution in [0.4, 0.5) is 0 Å². The van der Waals surface area contributed by atoms with E-state index in [9.17, 15) is 9.59 Å². The topological polar surface area (TPSA) is 89.0 Å². The summed E-state index contributed by atoms with van der Waals surface area (Å²) in [6.07, 6.45) is 0.858. The number of hydrogen-bond acceptors (Lipinski definition) is 5. The molecule has 0 spiro atoms. The molecule has 0 bridgehead atoms. The van der Waals surface area contributed by atoms with Crippen LogP contribution >= 0.6 is 0 Å². The molecule has 1 N–H and O–H groups in total. The average molecular weight is 294 g/mol. The van der Waals surface area contributed by atoms with E-state index in [1.165, 1.54) is 18.2 Å². The molecule has 0 aromatic carbocycles. The van der Waals surface area contributed by atoms with Gasteiger partial charge >= 0.3 is 5.97 Å². The number of aromatic nitrogens is 1. The van der Waals surface area contributed by atoms with Crippen molar-refractivity contribution in [3.05, 3.63) is 29.6 Å². The fourth-order valence-electron chi connectivity index (χ4n) is 2.00. The Morgan fingerprint density at radius 1 is 1.33 bits per heavy atom. The molecule has 7 heteroatoms. The van der Waals surface area contributed by atoms with E-state index in [1.54, 1.807) is 12.0 Å². The molecule has 1 aromatic heterocycles. The molecule has 2 rings (SSSR count). The van der Waals surface area contributed by atoms with Crippen LogP contribution in [0, 0.1) is 0 Å². The quantitative estimate of drug-likeness (QED) is 0.743. The van der Waals surface area contributed by atoms with Crippen LogP contribution in [0.1, 0.15) is 27.4 Å². The van der Waals surface area contributed by atoms with Crippen LogP contribution in [-0.4, -0.2) is 66.4 Å². The Labute approximate surface area is 122 Å². The highest BCUT2D eigenvalue weighted by molar-refractivity contribution is 5.94. The summed E-state index contributed by atoms with van der Waals surface area (Å²) in [5.74, 6) is -1.41. The molecule has 1 saturated heterocycles. The maximum absolute atomic E-state index is 12.1. The minimum absolute atomic E-state index is 0.0356. The number of carboxylic acids is 1. The normalized spacial score (nSPS) is 14.8. The molecule has 1 aliphatic rings. The highest BCUT2D eigenvalue weighted by Crippen LogP contribution is 2.15. The summed E-state index contributed by atoms with van der Waals surface area (Å²) in [4.78, 5) is 28.4. The number of amides is 1. The summed E-state index contributed by atoms with van der Waals surface area (Å²) in [6, 6.07) is 4.39. The summed E-state index contributed by atoms with van der Waals surface area (Å²) in [5.41, 5.74) is 0.0153. The minimum Gasteiger partial charge on any atom is -0.477 e. The lowest BCUT2D eigenvalue weighted by Gasteiger charge is -2.38. The van der Waals surface area contributed by atoms with Gasteiger partial charge in [0.05, 0.1) is 6.10 Å². The third-order valence-corrected chi connectivity index (χ3v) is 3.17. The molecule has 7 nitrogen and oxygen atoms in total. The molecule has 0 atom stereocenters. The van der Waals surface area contributed by atoms with Gasteiger partial charge in [0.15, 0.2) is 0 Å². The van der Waals surface area contributed by atoms with Gasteiger partial charge in [0.2, 0.25) is 0 Å². The van der Waals surface area contributed by atoms with Gasteiger partial charge in [0.25, 0.3) is 5.91 Å². The van der Waals surface area contributed by atoms with Crippen molar-refractivity contribution in [3.63, 3.8) is 0 Å². The van der Waals surface area contributed by atoms with E-state index in [2.05, 4.69) is 4.98 Å². The fraction of sp³-hybridized carbons (Fsp3) is 0.500. The largest absolute Gasteiger partial charge is 0.477 e. The number of methoxy groups -OCH3 is 1. The van der Waals surface area contributed by atoms with Crippen molar-refractivity contribution in [2.45, 2.75) is 12.5 Å². The molecule has 0 saturated carbocycles. The van der Waals surface area contributed by atoms with Gasteiger partial charge in [0.1, 0.15) is 11.4 Å². The number of carbonyl (C=O) groups is 2. The van der Waals surface area contributed by atoms with Gasteiger partial charge in [-0.3, -0.25) is 4.79 Å². The maximum atomic E-state index is 12.1.